The number of nitrogens with one attached hydrogen (secondary N) is 1. The van der Waals surface area contributed by atoms with Gasteiger partial charge in [-0.25, -0.2) is 0 Å². The first-order chi connectivity index (χ1) is 19.8. The van der Waals surface area contributed by atoms with Crippen molar-refractivity contribution >= 4 is 29.9 Å². The molecule has 0 radical (unpaired) electrons. The Balaban J connectivity index is 1.58. The maximum Gasteiger partial charge on any atom is 0.267 e. The number of hydrogen-bond acceptors (Lipinski definition) is 5. The number of aliphatic hydroxyl groups excluding tert-OH is 1. The van der Waals surface area contributed by atoms with Crippen LogP contribution in [0.5, 0.6) is 0 Å². The number of hydrogen-bond donors (Lipinski definition) is 2. The van der Waals surface area contributed by atoms with E-state index in [1.54, 1.807) is 16.5 Å². The number of likely N-dealkylation sites (tertiary alicyclic amines) is 1. The zero-order valence-electron chi connectivity index (χ0n) is 23.8. The largest absolute Gasteiger partial charge is 0.392 e. The highest BCUT2D eigenvalue weighted by Crippen LogP contribution is 2.41. The van der Waals surface area contributed by atoms with E-state index in [0.29, 0.717) is 30.3 Å². The zero-order valence-corrected chi connectivity index (χ0v) is 23.8. The average Bonchev–Trinajstić information content (AvgIpc) is 3.75. The van der Waals surface area contributed by atoms with Crippen molar-refractivity contribution in [3.05, 3.63) is 95.0 Å². The fourth-order valence-electron chi connectivity index (χ4n) is 5.65. The van der Waals surface area contributed by atoms with Crippen molar-refractivity contribution in [3.8, 4) is 11.1 Å². The lowest BCUT2D eigenvalue weighted by Gasteiger charge is -2.43. The molecule has 1 aromatic heterocycles. The van der Waals surface area contributed by atoms with Crippen molar-refractivity contribution < 1.29 is 19.5 Å². The van der Waals surface area contributed by atoms with E-state index < -0.39 is 0 Å². The van der Waals surface area contributed by atoms with Gasteiger partial charge in [-0.15, -0.1) is 0 Å². The number of benzene rings is 2. The van der Waals surface area contributed by atoms with Gasteiger partial charge in [0, 0.05) is 74.4 Å². The topological polar surface area (TPSA) is 94.9 Å². The fourth-order valence-corrected chi connectivity index (χ4v) is 5.65. The number of aryl methyl sites for hydroxylation is 1. The van der Waals surface area contributed by atoms with Crippen LogP contribution >= 0.6 is 0 Å². The van der Waals surface area contributed by atoms with Gasteiger partial charge in [-0.05, 0) is 59.7 Å². The first-order valence-corrected chi connectivity index (χ1v) is 13.9. The molecule has 2 fully saturated rings. The van der Waals surface area contributed by atoms with Crippen molar-refractivity contribution in [2.45, 2.75) is 25.4 Å². The first kappa shape index (κ1) is 28.1. The van der Waals surface area contributed by atoms with Crippen LogP contribution in [-0.2, 0) is 18.4 Å². The number of aromatic nitrogens is 1. The Morgan fingerprint density at radius 3 is 2.54 bits per heavy atom. The Bertz CT molecular complexity index is 1540. The van der Waals surface area contributed by atoms with Crippen molar-refractivity contribution in [2.24, 2.45) is 13.0 Å². The van der Waals surface area contributed by atoms with Crippen LogP contribution in [0.4, 0.5) is 5.69 Å². The normalized spacial score (nSPS) is 15.3. The van der Waals surface area contributed by atoms with E-state index >= 15 is 0 Å². The predicted octanol–water partition coefficient (Wildman–Crippen LogP) is 4.36. The fraction of sp³-hybridized carbons (Fsp3) is 0.303. The Morgan fingerprint density at radius 2 is 1.90 bits per heavy atom. The monoisotopic (exact) mass is 552 g/mol. The SMILES string of the molecule is C=CC(=O)N1CC(/C(=C/c2cc(C3CC3)ccc2C=O)N(C)c2cccc(-c3cc(C(=O)NC)n(C)c3)c2CO)C1. The molecule has 0 spiro atoms. The lowest BCUT2D eigenvalue weighted by molar-refractivity contribution is -0.131. The molecular formula is C33H36N4O4. The molecule has 41 heavy (non-hydrogen) atoms. The van der Waals surface area contributed by atoms with Crippen molar-refractivity contribution in [1.82, 2.24) is 14.8 Å². The third kappa shape index (κ3) is 5.47. The average molecular weight is 553 g/mol. The summed E-state index contributed by atoms with van der Waals surface area (Å²) in [5.41, 5.74) is 7.32. The van der Waals surface area contributed by atoms with E-state index in [1.165, 1.54) is 11.6 Å². The second-order valence-corrected chi connectivity index (χ2v) is 10.8. The molecule has 1 saturated carbocycles. The zero-order chi connectivity index (χ0) is 29.3. The smallest absolute Gasteiger partial charge is 0.267 e. The molecule has 0 atom stereocenters. The van der Waals surface area contributed by atoms with Gasteiger partial charge in [0.05, 0.1) is 6.61 Å². The predicted molar refractivity (Wildman–Crippen MR) is 161 cm³/mol. The molecule has 1 aliphatic heterocycles. The summed E-state index contributed by atoms with van der Waals surface area (Å²) >= 11 is 0. The van der Waals surface area contributed by atoms with Gasteiger partial charge in [-0.2, -0.15) is 0 Å². The summed E-state index contributed by atoms with van der Waals surface area (Å²) in [5, 5.41) is 13.3. The lowest BCUT2D eigenvalue weighted by Crippen LogP contribution is -2.52. The second-order valence-electron chi connectivity index (χ2n) is 10.8. The molecule has 8 heteroatoms. The molecule has 0 unspecified atom stereocenters. The summed E-state index contributed by atoms with van der Waals surface area (Å²) < 4.78 is 1.77. The van der Waals surface area contributed by atoms with Crippen LogP contribution in [0.1, 0.15) is 56.3 Å². The van der Waals surface area contributed by atoms with Crippen molar-refractivity contribution in [3.63, 3.8) is 0 Å². The molecule has 2 aliphatic rings. The van der Waals surface area contributed by atoms with Gasteiger partial charge in [0.2, 0.25) is 5.91 Å². The van der Waals surface area contributed by atoms with Gasteiger partial charge in [-0.3, -0.25) is 14.4 Å². The van der Waals surface area contributed by atoms with Crippen LogP contribution in [0.15, 0.2) is 67.0 Å². The number of aldehydes is 1. The van der Waals surface area contributed by atoms with Crippen LogP contribution in [0, 0.1) is 5.92 Å². The third-order valence-corrected chi connectivity index (χ3v) is 8.21. The first-order valence-electron chi connectivity index (χ1n) is 13.9. The maximum atomic E-state index is 12.3. The van der Waals surface area contributed by atoms with E-state index in [9.17, 15) is 19.5 Å². The molecule has 8 nitrogen and oxygen atoms in total. The van der Waals surface area contributed by atoms with Crippen LogP contribution in [-0.4, -0.2) is 59.9 Å². The minimum absolute atomic E-state index is 0.0276. The Labute approximate surface area is 240 Å². The molecule has 2 aromatic carbocycles. The van der Waals surface area contributed by atoms with Crippen LogP contribution in [0.2, 0.25) is 0 Å². The van der Waals surface area contributed by atoms with Gasteiger partial charge in [0.1, 0.15) is 5.69 Å². The van der Waals surface area contributed by atoms with E-state index in [0.717, 1.165) is 52.8 Å². The van der Waals surface area contributed by atoms with Gasteiger partial charge < -0.3 is 24.8 Å². The molecule has 1 aliphatic carbocycles. The summed E-state index contributed by atoms with van der Waals surface area (Å²) in [4.78, 5) is 40.4. The molecule has 3 aromatic rings. The summed E-state index contributed by atoms with van der Waals surface area (Å²) in [5.74, 6) is 0.267. The Kier molecular flexibility index (Phi) is 7.94. The van der Waals surface area contributed by atoms with Gasteiger partial charge in [0.15, 0.2) is 6.29 Å². The molecule has 0 bridgehead atoms. The van der Waals surface area contributed by atoms with Crippen molar-refractivity contribution in [2.75, 3.05) is 32.1 Å². The highest BCUT2D eigenvalue weighted by molar-refractivity contribution is 5.94. The number of aliphatic hydroxyl groups is 1. The molecular weight excluding hydrogens is 516 g/mol. The minimum Gasteiger partial charge on any atom is -0.392 e. The van der Waals surface area contributed by atoms with Gasteiger partial charge in [0.25, 0.3) is 5.91 Å². The lowest BCUT2D eigenvalue weighted by atomic mass is 9.91. The van der Waals surface area contributed by atoms with Crippen molar-refractivity contribution in [1.29, 1.82) is 0 Å². The highest BCUT2D eigenvalue weighted by Gasteiger charge is 2.35. The van der Waals surface area contributed by atoms with Gasteiger partial charge >= 0.3 is 0 Å². The Hall–Kier alpha value is -4.43. The summed E-state index contributed by atoms with van der Waals surface area (Å²) in [7, 11) is 5.36. The molecule has 212 valence electrons. The summed E-state index contributed by atoms with van der Waals surface area (Å²) in [6.07, 6.45) is 8.46. The second kappa shape index (κ2) is 11.6. The number of nitrogens with zero attached hydrogens (tertiary/aromatic N) is 3. The quantitative estimate of drug-likeness (QED) is 0.288. The van der Waals surface area contributed by atoms with E-state index in [1.807, 2.05) is 56.7 Å². The third-order valence-electron chi connectivity index (χ3n) is 8.21. The van der Waals surface area contributed by atoms with Crippen LogP contribution in [0.25, 0.3) is 17.2 Å². The summed E-state index contributed by atoms with van der Waals surface area (Å²) in [6, 6.07) is 13.7. The minimum atomic E-state index is -0.212. The molecule has 2 N–H and O–H groups in total. The maximum absolute atomic E-state index is 12.3. The Morgan fingerprint density at radius 1 is 1.15 bits per heavy atom. The molecule has 1 saturated heterocycles. The number of rotatable bonds is 10. The van der Waals surface area contributed by atoms with E-state index in [4.69, 9.17) is 0 Å². The molecule has 5 rings (SSSR count). The number of amides is 2. The molecule has 2 heterocycles. The van der Waals surface area contributed by atoms with Crippen LogP contribution in [0.3, 0.4) is 0 Å². The van der Waals surface area contributed by atoms with E-state index in [2.05, 4.69) is 28.9 Å². The number of carbonyl (C=O) groups excluding carboxylic acids is 3. The number of anilines is 1. The highest BCUT2D eigenvalue weighted by atomic mass is 16.3. The number of carbonyl (C=O) groups is 3. The van der Waals surface area contributed by atoms with E-state index in [-0.39, 0.29) is 24.3 Å². The standard InChI is InChI=1S/C33H36N4O4/c1-5-32(40)37-17-26(18-37)30(14-24-13-22(21-9-10-21)11-12-23(24)19-38)36(4)29-8-6-7-27(28(29)20-39)25-15-31(33(41)34-2)35(3)16-25/h5-8,11-16,19,21,26,39H,1,9-10,17-18,20H2,2-4H3,(H,34,41)/b30-14-. The van der Waals surface area contributed by atoms with Crippen LogP contribution < -0.4 is 10.2 Å². The summed E-state index contributed by atoms with van der Waals surface area (Å²) in [6.45, 7) is 4.46. The van der Waals surface area contributed by atoms with Gasteiger partial charge in [-0.1, -0.05) is 36.9 Å². The molecule has 2 amide bonds.